The summed E-state index contributed by atoms with van der Waals surface area (Å²) in [4.78, 5) is 15.4. The van der Waals surface area contributed by atoms with Crippen LogP contribution in [0.3, 0.4) is 0 Å². The molecule has 1 aromatic heterocycles. The molecule has 16 heavy (non-hydrogen) atoms. The summed E-state index contributed by atoms with van der Waals surface area (Å²) in [5.41, 5.74) is 4.37. The summed E-state index contributed by atoms with van der Waals surface area (Å²) >= 11 is 0. The van der Waals surface area contributed by atoms with E-state index in [-0.39, 0.29) is 12.0 Å². The van der Waals surface area contributed by atoms with Crippen molar-refractivity contribution < 1.29 is 9.53 Å². The lowest BCUT2D eigenvalue weighted by Crippen LogP contribution is -2.16. The Labute approximate surface area is 93.5 Å². The number of hydrogen-bond donors (Lipinski definition) is 1. The average molecular weight is 219 g/mol. The van der Waals surface area contributed by atoms with E-state index in [2.05, 4.69) is 15.5 Å². The van der Waals surface area contributed by atoms with Crippen LogP contribution in [0, 0.1) is 0 Å². The molecule has 0 fully saturated rings. The van der Waals surface area contributed by atoms with Crippen LogP contribution in [0.2, 0.25) is 0 Å². The Morgan fingerprint density at radius 1 is 1.69 bits per heavy atom. The van der Waals surface area contributed by atoms with Crippen LogP contribution >= 0.6 is 0 Å². The quantitative estimate of drug-likeness (QED) is 0.771. The highest BCUT2D eigenvalue weighted by Crippen LogP contribution is 2.20. The van der Waals surface area contributed by atoms with Crippen LogP contribution in [-0.2, 0) is 9.53 Å². The minimum atomic E-state index is -0.346. The van der Waals surface area contributed by atoms with Crippen LogP contribution in [0.1, 0.15) is 24.9 Å². The molecule has 2 heterocycles. The molecule has 1 aliphatic rings. The molecule has 1 unspecified atom stereocenters. The van der Waals surface area contributed by atoms with E-state index in [1.165, 1.54) is 0 Å². The van der Waals surface area contributed by atoms with Crippen LogP contribution in [0.25, 0.3) is 0 Å². The van der Waals surface area contributed by atoms with E-state index >= 15 is 0 Å². The third-order valence-corrected chi connectivity index (χ3v) is 2.35. The monoisotopic (exact) mass is 219 g/mol. The van der Waals surface area contributed by atoms with E-state index in [1.807, 2.05) is 12.1 Å². The van der Waals surface area contributed by atoms with Crippen molar-refractivity contribution in [2.24, 2.45) is 5.10 Å². The Morgan fingerprint density at radius 2 is 2.56 bits per heavy atom. The summed E-state index contributed by atoms with van der Waals surface area (Å²) in [6.45, 7) is 2.15. The SMILES string of the molecule is CCOC(=O)C1=NNC(c2cccnc2)C1. The molecule has 0 bridgehead atoms. The Hall–Kier alpha value is -1.91. The maximum atomic E-state index is 11.4. The molecular formula is C11H13N3O2. The van der Waals surface area contributed by atoms with Gasteiger partial charge in [0.1, 0.15) is 5.71 Å². The number of carbonyl (C=O) groups is 1. The second-order valence-electron chi connectivity index (χ2n) is 3.45. The van der Waals surface area contributed by atoms with Gasteiger partial charge in [-0.3, -0.25) is 4.98 Å². The zero-order valence-corrected chi connectivity index (χ0v) is 9.01. The molecule has 1 atom stereocenters. The first-order valence-corrected chi connectivity index (χ1v) is 5.20. The number of carbonyl (C=O) groups excluding carboxylic acids is 1. The summed E-state index contributed by atoms with van der Waals surface area (Å²) in [5.74, 6) is -0.346. The van der Waals surface area contributed by atoms with Gasteiger partial charge in [-0.15, -0.1) is 0 Å². The molecule has 1 aliphatic heterocycles. The lowest BCUT2D eigenvalue weighted by atomic mass is 10.1. The molecule has 5 heteroatoms. The summed E-state index contributed by atoms with van der Waals surface area (Å²) < 4.78 is 4.88. The molecule has 5 nitrogen and oxygen atoms in total. The maximum absolute atomic E-state index is 11.4. The van der Waals surface area contributed by atoms with E-state index in [4.69, 9.17) is 4.74 Å². The van der Waals surface area contributed by atoms with Crippen molar-refractivity contribution in [3.05, 3.63) is 30.1 Å². The molecular weight excluding hydrogens is 206 g/mol. The number of nitrogens with zero attached hydrogens (tertiary/aromatic N) is 2. The summed E-state index contributed by atoms with van der Waals surface area (Å²) in [7, 11) is 0. The highest BCUT2D eigenvalue weighted by molar-refractivity contribution is 6.36. The van der Waals surface area contributed by atoms with Crippen molar-refractivity contribution in [2.45, 2.75) is 19.4 Å². The van der Waals surface area contributed by atoms with Gasteiger partial charge in [-0.1, -0.05) is 6.07 Å². The molecule has 0 spiro atoms. The first-order chi connectivity index (χ1) is 7.81. The molecule has 0 saturated heterocycles. The third kappa shape index (κ3) is 2.18. The number of nitrogens with one attached hydrogen (secondary N) is 1. The lowest BCUT2D eigenvalue weighted by molar-refractivity contribution is -0.135. The maximum Gasteiger partial charge on any atom is 0.354 e. The first kappa shape index (κ1) is 10.6. The number of ether oxygens (including phenoxy) is 1. The fourth-order valence-corrected chi connectivity index (χ4v) is 1.56. The number of aromatic nitrogens is 1. The van der Waals surface area contributed by atoms with Crippen molar-refractivity contribution in [1.82, 2.24) is 10.4 Å². The van der Waals surface area contributed by atoms with Crippen molar-refractivity contribution in [3.8, 4) is 0 Å². The van der Waals surface area contributed by atoms with Crippen LogP contribution in [0.4, 0.5) is 0 Å². The van der Waals surface area contributed by atoms with Crippen LogP contribution < -0.4 is 5.43 Å². The minimum Gasteiger partial charge on any atom is -0.461 e. The molecule has 0 radical (unpaired) electrons. The molecule has 0 aromatic carbocycles. The smallest absolute Gasteiger partial charge is 0.354 e. The third-order valence-electron chi connectivity index (χ3n) is 2.35. The Morgan fingerprint density at radius 3 is 3.25 bits per heavy atom. The topological polar surface area (TPSA) is 63.6 Å². The highest BCUT2D eigenvalue weighted by Gasteiger charge is 2.25. The van der Waals surface area contributed by atoms with Crippen molar-refractivity contribution in [3.63, 3.8) is 0 Å². The molecule has 1 aromatic rings. The van der Waals surface area contributed by atoms with Crippen molar-refractivity contribution in [1.29, 1.82) is 0 Å². The van der Waals surface area contributed by atoms with Gasteiger partial charge in [-0.25, -0.2) is 4.79 Å². The number of pyridine rings is 1. The molecule has 0 aliphatic carbocycles. The normalized spacial score (nSPS) is 18.8. The minimum absolute atomic E-state index is 0.0214. The highest BCUT2D eigenvalue weighted by atomic mass is 16.5. The second-order valence-corrected chi connectivity index (χ2v) is 3.45. The first-order valence-electron chi connectivity index (χ1n) is 5.20. The van der Waals surface area contributed by atoms with Gasteiger partial charge in [0.25, 0.3) is 0 Å². The number of hydrogen-bond acceptors (Lipinski definition) is 5. The van der Waals surface area contributed by atoms with Crippen LogP contribution in [0.5, 0.6) is 0 Å². The van der Waals surface area contributed by atoms with Gasteiger partial charge >= 0.3 is 5.97 Å². The zero-order chi connectivity index (χ0) is 11.4. The van der Waals surface area contributed by atoms with Crippen molar-refractivity contribution in [2.75, 3.05) is 6.61 Å². The van der Waals surface area contributed by atoms with Crippen LogP contribution in [-0.4, -0.2) is 23.3 Å². The Kier molecular flexibility index (Phi) is 3.14. The van der Waals surface area contributed by atoms with Gasteiger partial charge in [0, 0.05) is 18.8 Å². The van der Waals surface area contributed by atoms with E-state index in [9.17, 15) is 4.79 Å². The molecule has 2 rings (SSSR count). The van der Waals surface area contributed by atoms with Gasteiger partial charge in [0.2, 0.25) is 0 Å². The molecule has 0 amide bonds. The lowest BCUT2D eigenvalue weighted by Gasteiger charge is -2.08. The number of hydrazone groups is 1. The van der Waals surface area contributed by atoms with Gasteiger partial charge in [0.05, 0.1) is 12.6 Å². The number of rotatable bonds is 3. The zero-order valence-electron chi connectivity index (χ0n) is 9.01. The molecule has 1 N–H and O–H groups in total. The predicted octanol–water partition coefficient (Wildman–Crippen LogP) is 1.04. The van der Waals surface area contributed by atoms with E-state index in [1.54, 1.807) is 19.3 Å². The van der Waals surface area contributed by atoms with Gasteiger partial charge < -0.3 is 10.2 Å². The molecule has 84 valence electrons. The summed E-state index contributed by atoms with van der Waals surface area (Å²) in [6.07, 6.45) is 4.03. The average Bonchev–Trinajstić information content (AvgIpc) is 2.80. The van der Waals surface area contributed by atoms with Gasteiger partial charge in [-0.05, 0) is 18.6 Å². The molecule has 0 saturated carbocycles. The fourth-order valence-electron chi connectivity index (χ4n) is 1.56. The van der Waals surface area contributed by atoms with E-state index in [0.29, 0.717) is 18.7 Å². The Balaban J connectivity index is 1.99. The van der Waals surface area contributed by atoms with E-state index in [0.717, 1.165) is 5.56 Å². The van der Waals surface area contributed by atoms with Gasteiger partial charge in [-0.2, -0.15) is 5.10 Å². The fraction of sp³-hybridized carbons (Fsp3) is 0.364. The van der Waals surface area contributed by atoms with E-state index < -0.39 is 0 Å². The summed E-state index contributed by atoms with van der Waals surface area (Å²) in [6, 6.07) is 3.83. The standard InChI is InChI=1S/C11H13N3O2/c1-2-16-11(15)10-6-9(13-14-10)8-4-3-5-12-7-8/h3-5,7,9,13H,2,6H2,1H3. The van der Waals surface area contributed by atoms with Crippen LogP contribution in [0.15, 0.2) is 29.6 Å². The van der Waals surface area contributed by atoms with Gasteiger partial charge in [0.15, 0.2) is 0 Å². The summed E-state index contributed by atoms with van der Waals surface area (Å²) in [5, 5.41) is 3.98. The predicted molar refractivity (Wildman–Crippen MR) is 58.8 cm³/mol. The number of esters is 1. The second kappa shape index (κ2) is 4.74. The Bertz CT molecular complexity index is 403. The van der Waals surface area contributed by atoms with Crippen molar-refractivity contribution >= 4 is 11.7 Å². The largest absolute Gasteiger partial charge is 0.461 e.